The Balaban J connectivity index is 1.72. The fraction of sp³-hybridized carbons (Fsp3) is 0.154. The fourth-order valence-corrected chi connectivity index (χ4v) is 4.36. The number of alkyl halides is 3. The van der Waals surface area contributed by atoms with Crippen LogP contribution in [0.3, 0.4) is 0 Å². The van der Waals surface area contributed by atoms with E-state index in [2.05, 4.69) is 20.3 Å². The van der Waals surface area contributed by atoms with Crippen molar-refractivity contribution < 1.29 is 18.0 Å². The summed E-state index contributed by atoms with van der Waals surface area (Å²) in [6.45, 7) is 1.82. The number of pyridine rings is 1. The molecule has 1 aliphatic heterocycles. The van der Waals surface area contributed by atoms with Crippen LogP contribution < -0.4 is 5.32 Å². The molecule has 0 saturated carbocycles. The standard InChI is InChI=1S/C26H19F3N4O/c1-25(12-16-13-30-15-31-14-16)21-11-18(17-5-4-6-19(9-17)26(27,28)29)10-20(23(21)33-24(25)34)22-7-2-3-8-32-22/h2-11,13-15H,12H2,1H3,(H,33,34). The lowest BCUT2D eigenvalue weighted by Crippen LogP contribution is -2.33. The van der Waals surface area contributed by atoms with Crippen molar-refractivity contribution in [1.29, 1.82) is 0 Å². The number of carbonyl (C=O) groups excluding carboxylic acids is 1. The Bertz CT molecular complexity index is 1370. The minimum absolute atomic E-state index is 0.204. The molecule has 1 N–H and O–H groups in total. The summed E-state index contributed by atoms with van der Waals surface area (Å²) >= 11 is 0. The highest BCUT2D eigenvalue weighted by Crippen LogP contribution is 2.47. The predicted octanol–water partition coefficient (Wildman–Crippen LogP) is 5.68. The minimum Gasteiger partial charge on any atom is -0.324 e. The molecule has 1 aliphatic rings. The summed E-state index contributed by atoms with van der Waals surface area (Å²) in [5.74, 6) is -0.204. The second kappa shape index (κ2) is 8.06. The van der Waals surface area contributed by atoms with Gasteiger partial charge in [-0.15, -0.1) is 0 Å². The monoisotopic (exact) mass is 460 g/mol. The molecule has 5 rings (SSSR count). The van der Waals surface area contributed by atoms with Crippen LogP contribution in [0.25, 0.3) is 22.4 Å². The molecule has 1 atom stereocenters. The zero-order chi connectivity index (χ0) is 23.9. The lowest BCUT2D eigenvalue weighted by molar-refractivity contribution is -0.137. The number of fused-ring (bicyclic) bond motifs is 1. The van der Waals surface area contributed by atoms with Crippen molar-refractivity contribution in [2.24, 2.45) is 0 Å². The van der Waals surface area contributed by atoms with E-state index in [1.165, 1.54) is 12.4 Å². The molecule has 5 nitrogen and oxygen atoms in total. The molecule has 34 heavy (non-hydrogen) atoms. The number of hydrogen-bond acceptors (Lipinski definition) is 4. The van der Waals surface area contributed by atoms with Gasteiger partial charge in [0.05, 0.1) is 22.4 Å². The lowest BCUT2D eigenvalue weighted by atomic mass is 9.77. The van der Waals surface area contributed by atoms with E-state index >= 15 is 0 Å². The molecule has 0 aliphatic carbocycles. The second-order valence-corrected chi connectivity index (χ2v) is 8.45. The molecule has 0 radical (unpaired) electrons. The molecule has 0 bridgehead atoms. The fourth-order valence-electron chi connectivity index (χ4n) is 4.36. The summed E-state index contributed by atoms with van der Waals surface area (Å²) in [4.78, 5) is 25.8. The molecule has 1 amide bonds. The number of amides is 1. The van der Waals surface area contributed by atoms with Gasteiger partial charge in [0, 0.05) is 24.2 Å². The molecule has 8 heteroatoms. The highest BCUT2D eigenvalue weighted by Gasteiger charge is 2.44. The SMILES string of the molecule is CC1(Cc2cncnc2)C(=O)Nc2c(-c3ccccn3)cc(-c3cccc(C(F)(F)F)c3)cc21. The van der Waals surface area contributed by atoms with Gasteiger partial charge in [0.25, 0.3) is 0 Å². The molecule has 3 heterocycles. The molecule has 170 valence electrons. The van der Waals surface area contributed by atoms with E-state index in [0.29, 0.717) is 40.1 Å². The third-order valence-corrected chi connectivity index (χ3v) is 6.11. The van der Waals surface area contributed by atoms with Crippen molar-refractivity contribution >= 4 is 11.6 Å². The number of halogens is 3. The van der Waals surface area contributed by atoms with E-state index in [1.54, 1.807) is 48.9 Å². The van der Waals surface area contributed by atoms with Gasteiger partial charge in [-0.05, 0) is 72.0 Å². The van der Waals surface area contributed by atoms with Crippen molar-refractivity contribution in [2.45, 2.75) is 24.9 Å². The summed E-state index contributed by atoms with van der Waals surface area (Å²) in [6.07, 6.45) is 2.23. The zero-order valence-corrected chi connectivity index (χ0v) is 18.1. The van der Waals surface area contributed by atoms with Crippen LogP contribution in [0.2, 0.25) is 0 Å². The Morgan fingerprint density at radius 2 is 1.76 bits per heavy atom. The molecule has 1 unspecified atom stereocenters. The highest BCUT2D eigenvalue weighted by atomic mass is 19.4. The summed E-state index contributed by atoms with van der Waals surface area (Å²) in [7, 11) is 0. The molecule has 0 spiro atoms. The molecular formula is C26H19F3N4O. The molecule has 0 saturated heterocycles. The van der Waals surface area contributed by atoms with Crippen molar-refractivity contribution in [3.8, 4) is 22.4 Å². The van der Waals surface area contributed by atoms with E-state index in [-0.39, 0.29) is 5.91 Å². The Labute approximate surface area is 193 Å². The molecule has 2 aromatic carbocycles. The van der Waals surface area contributed by atoms with Gasteiger partial charge >= 0.3 is 6.18 Å². The summed E-state index contributed by atoms with van der Waals surface area (Å²) < 4.78 is 40.2. The van der Waals surface area contributed by atoms with Crippen LogP contribution in [0.5, 0.6) is 0 Å². The van der Waals surface area contributed by atoms with Crippen molar-refractivity contribution in [3.05, 3.63) is 96.2 Å². The van der Waals surface area contributed by atoms with Gasteiger partial charge in [-0.2, -0.15) is 13.2 Å². The average molecular weight is 460 g/mol. The first-order valence-electron chi connectivity index (χ1n) is 10.6. The van der Waals surface area contributed by atoms with Crippen LogP contribution in [0.4, 0.5) is 18.9 Å². The van der Waals surface area contributed by atoms with Crippen LogP contribution in [0.1, 0.15) is 23.6 Å². The molecule has 2 aromatic heterocycles. The molecule has 0 fully saturated rings. The normalized spacial score (nSPS) is 17.4. The van der Waals surface area contributed by atoms with Crippen LogP contribution in [-0.2, 0) is 22.8 Å². The largest absolute Gasteiger partial charge is 0.416 e. The molecule has 4 aromatic rings. The predicted molar refractivity (Wildman–Crippen MR) is 122 cm³/mol. The Morgan fingerprint density at radius 3 is 2.47 bits per heavy atom. The van der Waals surface area contributed by atoms with Gasteiger partial charge in [0.15, 0.2) is 0 Å². The van der Waals surface area contributed by atoms with E-state index in [1.807, 2.05) is 13.0 Å². The quantitative estimate of drug-likeness (QED) is 0.426. The summed E-state index contributed by atoms with van der Waals surface area (Å²) in [6, 6.07) is 14.1. The number of nitrogens with one attached hydrogen (secondary N) is 1. The first kappa shape index (κ1) is 21.8. The average Bonchev–Trinajstić information content (AvgIpc) is 3.09. The maximum absolute atomic E-state index is 13.4. The number of rotatable bonds is 4. The van der Waals surface area contributed by atoms with Crippen LogP contribution >= 0.6 is 0 Å². The van der Waals surface area contributed by atoms with Crippen LogP contribution in [0.15, 0.2) is 79.5 Å². The minimum atomic E-state index is -4.46. The Morgan fingerprint density at radius 1 is 0.971 bits per heavy atom. The first-order chi connectivity index (χ1) is 16.3. The van der Waals surface area contributed by atoms with Crippen LogP contribution in [-0.4, -0.2) is 20.9 Å². The smallest absolute Gasteiger partial charge is 0.324 e. The third kappa shape index (κ3) is 3.81. The maximum Gasteiger partial charge on any atom is 0.416 e. The first-order valence-corrected chi connectivity index (χ1v) is 10.6. The van der Waals surface area contributed by atoms with Crippen molar-refractivity contribution in [3.63, 3.8) is 0 Å². The Hall–Kier alpha value is -4.07. The van der Waals surface area contributed by atoms with Gasteiger partial charge < -0.3 is 5.32 Å². The Kier molecular flexibility index (Phi) is 5.16. The number of benzene rings is 2. The van der Waals surface area contributed by atoms with E-state index < -0.39 is 17.2 Å². The topological polar surface area (TPSA) is 67.8 Å². The van der Waals surface area contributed by atoms with Gasteiger partial charge in [-0.1, -0.05) is 18.2 Å². The number of carbonyl (C=O) groups is 1. The van der Waals surface area contributed by atoms with Crippen molar-refractivity contribution in [1.82, 2.24) is 15.0 Å². The van der Waals surface area contributed by atoms with Gasteiger partial charge in [0.2, 0.25) is 5.91 Å². The molecular weight excluding hydrogens is 441 g/mol. The number of anilines is 1. The van der Waals surface area contributed by atoms with E-state index in [0.717, 1.165) is 17.7 Å². The van der Waals surface area contributed by atoms with E-state index in [4.69, 9.17) is 0 Å². The number of hydrogen-bond donors (Lipinski definition) is 1. The number of nitrogens with zero attached hydrogens (tertiary/aromatic N) is 3. The van der Waals surface area contributed by atoms with Gasteiger partial charge in [-0.3, -0.25) is 9.78 Å². The van der Waals surface area contributed by atoms with Crippen LogP contribution in [0, 0.1) is 0 Å². The van der Waals surface area contributed by atoms with Gasteiger partial charge in [-0.25, -0.2) is 9.97 Å². The lowest BCUT2D eigenvalue weighted by Gasteiger charge is -2.23. The summed E-state index contributed by atoms with van der Waals surface area (Å²) in [5, 5.41) is 2.99. The third-order valence-electron chi connectivity index (χ3n) is 6.11. The highest BCUT2D eigenvalue weighted by molar-refractivity contribution is 6.10. The second-order valence-electron chi connectivity index (χ2n) is 8.45. The van der Waals surface area contributed by atoms with Gasteiger partial charge in [0.1, 0.15) is 6.33 Å². The number of aromatic nitrogens is 3. The maximum atomic E-state index is 13.4. The zero-order valence-electron chi connectivity index (χ0n) is 18.1. The van der Waals surface area contributed by atoms with Crippen molar-refractivity contribution in [2.75, 3.05) is 5.32 Å². The van der Waals surface area contributed by atoms with E-state index in [9.17, 15) is 18.0 Å². The summed E-state index contributed by atoms with van der Waals surface area (Å²) in [5.41, 5.74) is 2.60.